The molecule has 1 rings (SSSR count). The molecule has 13 heavy (non-hydrogen) atoms. The molecular formula is C12H18S. The van der Waals surface area contributed by atoms with E-state index in [-0.39, 0.29) is 0 Å². The molecule has 0 atom stereocenters. The fraction of sp³-hybridized carbons (Fsp3) is 0.500. The molecule has 0 N–H and O–H groups in total. The van der Waals surface area contributed by atoms with Gasteiger partial charge in [0.05, 0.1) is 0 Å². The molecule has 1 heterocycles. The molecule has 72 valence electrons. The van der Waals surface area contributed by atoms with Gasteiger partial charge < -0.3 is 0 Å². The molecular weight excluding hydrogens is 176 g/mol. The second-order valence-corrected chi connectivity index (χ2v) is 4.30. The Balaban J connectivity index is 2.18. The largest absolute Gasteiger partial charge is 0.152 e. The van der Waals surface area contributed by atoms with Crippen molar-refractivity contribution in [3.05, 3.63) is 34.5 Å². The summed E-state index contributed by atoms with van der Waals surface area (Å²) >= 11 is 1.77. The molecule has 0 aliphatic heterocycles. The van der Waals surface area contributed by atoms with E-state index < -0.39 is 0 Å². The monoisotopic (exact) mass is 194 g/mol. The summed E-state index contributed by atoms with van der Waals surface area (Å²) in [6.45, 7) is 6.34. The smallest absolute Gasteiger partial charge is 0.00580 e. The quantitative estimate of drug-likeness (QED) is 0.464. The summed E-state index contributed by atoms with van der Waals surface area (Å²) in [5.74, 6) is 0. The van der Waals surface area contributed by atoms with Crippen LogP contribution in [-0.2, 0) is 6.42 Å². The summed E-state index contributed by atoms with van der Waals surface area (Å²) in [5.41, 5.74) is 2.80. The van der Waals surface area contributed by atoms with Crippen LogP contribution in [0.1, 0.15) is 38.2 Å². The SMILES string of the molecule is C=C(CCCCC)Cc1ccsc1. The fourth-order valence-corrected chi connectivity index (χ4v) is 2.06. The Hall–Kier alpha value is -0.560. The molecule has 0 saturated carbocycles. The van der Waals surface area contributed by atoms with Gasteiger partial charge in [-0.2, -0.15) is 11.3 Å². The number of hydrogen-bond donors (Lipinski definition) is 0. The maximum Gasteiger partial charge on any atom is -0.00580 e. The van der Waals surface area contributed by atoms with Crippen molar-refractivity contribution in [1.29, 1.82) is 0 Å². The van der Waals surface area contributed by atoms with Gasteiger partial charge in [0, 0.05) is 0 Å². The molecule has 0 spiro atoms. The number of unbranched alkanes of at least 4 members (excludes halogenated alkanes) is 2. The van der Waals surface area contributed by atoms with Crippen LogP contribution in [0.25, 0.3) is 0 Å². The van der Waals surface area contributed by atoms with Crippen LogP contribution in [0.5, 0.6) is 0 Å². The molecule has 1 heteroatoms. The summed E-state index contributed by atoms with van der Waals surface area (Å²) < 4.78 is 0. The first-order valence-corrected chi connectivity index (χ1v) is 5.95. The van der Waals surface area contributed by atoms with Crippen LogP contribution in [0.15, 0.2) is 29.0 Å². The molecule has 0 amide bonds. The Bertz CT molecular complexity index is 234. The molecule has 0 bridgehead atoms. The minimum absolute atomic E-state index is 1.08. The van der Waals surface area contributed by atoms with Crippen molar-refractivity contribution in [3.63, 3.8) is 0 Å². The average Bonchev–Trinajstić information content (AvgIpc) is 2.57. The topological polar surface area (TPSA) is 0 Å². The summed E-state index contributed by atoms with van der Waals surface area (Å²) in [6.07, 6.45) is 6.21. The van der Waals surface area contributed by atoms with Gasteiger partial charge in [-0.15, -0.1) is 0 Å². The van der Waals surface area contributed by atoms with Crippen LogP contribution in [0.3, 0.4) is 0 Å². The van der Waals surface area contributed by atoms with Gasteiger partial charge in [-0.25, -0.2) is 0 Å². The summed E-state index contributed by atoms with van der Waals surface area (Å²) in [4.78, 5) is 0. The number of thiophene rings is 1. The van der Waals surface area contributed by atoms with Crippen LogP contribution in [0.4, 0.5) is 0 Å². The Morgan fingerprint density at radius 3 is 2.92 bits per heavy atom. The third kappa shape index (κ3) is 4.28. The highest BCUT2D eigenvalue weighted by Crippen LogP contribution is 2.15. The molecule has 0 nitrogen and oxygen atoms in total. The molecule has 0 radical (unpaired) electrons. The van der Waals surface area contributed by atoms with E-state index in [0.29, 0.717) is 0 Å². The van der Waals surface area contributed by atoms with Crippen LogP contribution < -0.4 is 0 Å². The van der Waals surface area contributed by atoms with Gasteiger partial charge in [0.2, 0.25) is 0 Å². The van der Waals surface area contributed by atoms with Crippen molar-refractivity contribution in [1.82, 2.24) is 0 Å². The van der Waals surface area contributed by atoms with Crippen molar-refractivity contribution in [2.45, 2.75) is 39.0 Å². The van der Waals surface area contributed by atoms with Crippen LogP contribution in [0.2, 0.25) is 0 Å². The molecule has 1 aromatic heterocycles. The van der Waals surface area contributed by atoms with Crippen LogP contribution in [-0.4, -0.2) is 0 Å². The van der Waals surface area contributed by atoms with E-state index in [1.807, 2.05) is 0 Å². The van der Waals surface area contributed by atoms with Crippen LogP contribution >= 0.6 is 11.3 Å². The third-order valence-electron chi connectivity index (χ3n) is 2.17. The molecule has 0 aliphatic carbocycles. The van der Waals surface area contributed by atoms with Crippen molar-refractivity contribution < 1.29 is 0 Å². The molecule has 0 aliphatic rings. The molecule has 0 fully saturated rings. The Morgan fingerprint density at radius 1 is 1.46 bits per heavy atom. The maximum atomic E-state index is 4.11. The molecule has 0 unspecified atom stereocenters. The second kappa shape index (κ2) is 5.98. The first kappa shape index (κ1) is 10.5. The first-order chi connectivity index (χ1) is 6.33. The minimum Gasteiger partial charge on any atom is -0.152 e. The number of allylic oxidation sites excluding steroid dienone is 1. The number of hydrogen-bond acceptors (Lipinski definition) is 1. The lowest BCUT2D eigenvalue weighted by molar-refractivity contribution is 0.706. The van der Waals surface area contributed by atoms with E-state index >= 15 is 0 Å². The van der Waals surface area contributed by atoms with Crippen molar-refractivity contribution in [3.8, 4) is 0 Å². The van der Waals surface area contributed by atoms with Gasteiger partial charge in [-0.05, 0) is 41.7 Å². The molecule has 1 aromatic rings. The number of rotatable bonds is 6. The zero-order valence-electron chi connectivity index (χ0n) is 8.38. The molecule has 0 aromatic carbocycles. The van der Waals surface area contributed by atoms with E-state index in [1.54, 1.807) is 11.3 Å². The lowest BCUT2D eigenvalue weighted by Gasteiger charge is -2.02. The Morgan fingerprint density at radius 2 is 2.31 bits per heavy atom. The standard InChI is InChI=1S/C12H18S/c1-3-4-5-6-11(2)9-12-7-8-13-10-12/h7-8,10H,2-6,9H2,1H3. The highest BCUT2D eigenvalue weighted by atomic mass is 32.1. The molecule has 0 saturated heterocycles. The maximum absolute atomic E-state index is 4.11. The van der Waals surface area contributed by atoms with Crippen LogP contribution in [0, 0.1) is 0 Å². The van der Waals surface area contributed by atoms with Gasteiger partial charge >= 0.3 is 0 Å². The van der Waals surface area contributed by atoms with E-state index in [9.17, 15) is 0 Å². The second-order valence-electron chi connectivity index (χ2n) is 3.52. The van der Waals surface area contributed by atoms with Gasteiger partial charge in [-0.1, -0.05) is 31.9 Å². The Labute approximate surface area is 85.3 Å². The average molecular weight is 194 g/mol. The summed E-state index contributed by atoms with van der Waals surface area (Å²) in [7, 11) is 0. The van der Waals surface area contributed by atoms with Gasteiger partial charge in [0.15, 0.2) is 0 Å². The van der Waals surface area contributed by atoms with E-state index in [4.69, 9.17) is 0 Å². The summed E-state index contributed by atoms with van der Waals surface area (Å²) in [5, 5.41) is 4.35. The normalized spacial score (nSPS) is 10.2. The predicted octanol–water partition coefficient (Wildman–Crippen LogP) is 4.43. The lowest BCUT2D eigenvalue weighted by Crippen LogP contribution is -1.87. The van der Waals surface area contributed by atoms with Crippen molar-refractivity contribution in [2.24, 2.45) is 0 Å². The zero-order valence-corrected chi connectivity index (χ0v) is 9.20. The predicted molar refractivity (Wildman–Crippen MR) is 61.3 cm³/mol. The lowest BCUT2D eigenvalue weighted by atomic mass is 10.0. The highest BCUT2D eigenvalue weighted by Gasteiger charge is 1.97. The first-order valence-electron chi connectivity index (χ1n) is 5.00. The van der Waals surface area contributed by atoms with Crippen molar-refractivity contribution >= 4 is 11.3 Å². The van der Waals surface area contributed by atoms with Gasteiger partial charge in [-0.3, -0.25) is 0 Å². The van der Waals surface area contributed by atoms with E-state index in [2.05, 4.69) is 30.3 Å². The minimum atomic E-state index is 1.08. The van der Waals surface area contributed by atoms with Crippen molar-refractivity contribution in [2.75, 3.05) is 0 Å². The Kier molecular flexibility index (Phi) is 4.84. The van der Waals surface area contributed by atoms with Gasteiger partial charge in [0.1, 0.15) is 0 Å². The van der Waals surface area contributed by atoms with E-state index in [0.717, 1.165) is 6.42 Å². The third-order valence-corrected chi connectivity index (χ3v) is 2.90. The van der Waals surface area contributed by atoms with Gasteiger partial charge in [0.25, 0.3) is 0 Å². The summed E-state index contributed by atoms with van der Waals surface area (Å²) in [6, 6.07) is 2.19. The van der Waals surface area contributed by atoms with E-state index in [1.165, 1.54) is 36.8 Å². The zero-order chi connectivity index (χ0) is 9.52. The fourth-order valence-electron chi connectivity index (χ4n) is 1.40. The highest BCUT2D eigenvalue weighted by molar-refractivity contribution is 7.07.